The van der Waals surface area contributed by atoms with Gasteiger partial charge in [0.05, 0.1) is 5.92 Å². The Morgan fingerprint density at radius 1 is 1.50 bits per heavy atom. The maximum atomic E-state index is 14.5. The molecule has 2 N–H and O–H groups in total. The van der Waals surface area contributed by atoms with E-state index in [-0.39, 0.29) is 29.4 Å². The lowest BCUT2D eigenvalue weighted by molar-refractivity contribution is -0.125. The Morgan fingerprint density at radius 2 is 2.27 bits per heavy atom. The minimum absolute atomic E-state index is 0.0685. The van der Waals surface area contributed by atoms with Crippen LogP contribution in [0.3, 0.4) is 0 Å². The van der Waals surface area contributed by atoms with E-state index in [1.807, 2.05) is 32.2 Å². The SMILES string of the molecule is CCC(C)NC(=O)[C@@H]1C=C2c3cccc4[nH]c(F)c(c34)CC2(C)N(C)C1. The van der Waals surface area contributed by atoms with Crippen LogP contribution in [0, 0.1) is 11.9 Å². The van der Waals surface area contributed by atoms with E-state index in [4.69, 9.17) is 0 Å². The topological polar surface area (TPSA) is 48.1 Å². The minimum atomic E-state index is -0.308. The lowest BCUT2D eigenvalue weighted by Gasteiger charge is -2.48. The molecule has 0 bridgehead atoms. The van der Waals surface area contributed by atoms with Gasteiger partial charge in [-0.2, -0.15) is 4.39 Å². The van der Waals surface area contributed by atoms with Crippen LogP contribution in [0.2, 0.25) is 0 Å². The Labute approximate surface area is 153 Å². The zero-order valence-corrected chi connectivity index (χ0v) is 15.8. The number of likely N-dealkylation sites (N-methyl/N-ethyl adjacent to an activating group) is 1. The van der Waals surface area contributed by atoms with Crippen LogP contribution in [0.4, 0.5) is 4.39 Å². The van der Waals surface area contributed by atoms with E-state index in [0.29, 0.717) is 13.0 Å². The maximum Gasteiger partial charge on any atom is 0.228 e. The van der Waals surface area contributed by atoms with Crippen LogP contribution >= 0.6 is 0 Å². The molecule has 138 valence electrons. The van der Waals surface area contributed by atoms with Crippen molar-refractivity contribution in [3.63, 3.8) is 0 Å². The van der Waals surface area contributed by atoms with Crippen molar-refractivity contribution >= 4 is 22.4 Å². The zero-order valence-electron chi connectivity index (χ0n) is 15.8. The van der Waals surface area contributed by atoms with Gasteiger partial charge in [-0.05, 0) is 50.9 Å². The number of fused-ring (bicyclic) bond motifs is 2. The summed E-state index contributed by atoms with van der Waals surface area (Å²) in [5.41, 5.74) is 3.45. The molecule has 4 nitrogen and oxygen atoms in total. The first-order valence-electron chi connectivity index (χ1n) is 9.38. The highest BCUT2D eigenvalue weighted by atomic mass is 19.1. The van der Waals surface area contributed by atoms with E-state index in [1.165, 1.54) is 0 Å². The molecule has 0 saturated carbocycles. The number of benzene rings is 1. The van der Waals surface area contributed by atoms with Gasteiger partial charge >= 0.3 is 0 Å². The van der Waals surface area contributed by atoms with E-state index < -0.39 is 0 Å². The van der Waals surface area contributed by atoms with Crippen molar-refractivity contribution in [2.75, 3.05) is 13.6 Å². The van der Waals surface area contributed by atoms with Crippen LogP contribution in [0.15, 0.2) is 24.3 Å². The van der Waals surface area contributed by atoms with Crippen molar-refractivity contribution < 1.29 is 9.18 Å². The van der Waals surface area contributed by atoms with Gasteiger partial charge in [0, 0.05) is 34.6 Å². The predicted molar refractivity (Wildman–Crippen MR) is 102 cm³/mol. The smallest absolute Gasteiger partial charge is 0.228 e. The molecule has 2 aliphatic rings. The average Bonchev–Trinajstić information content (AvgIpc) is 2.92. The van der Waals surface area contributed by atoms with Crippen molar-refractivity contribution in [3.05, 3.63) is 41.3 Å². The number of rotatable bonds is 3. The van der Waals surface area contributed by atoms with Gasteiger partial charge in [0.15, 0.2) is 5.95 Å². The summed E-state index contributed by atoms with van der Waals surface area (Å²) in [5.74, 6) is -0.366. The summed E-state index contributed by atoms with van der Waals surface area (Å²) >= 11 is 0. The molecule has 2 unspecified atom stereocenters. The highest BCUT2D eigenvalue weighted by Crippen LogP contribution is 2.47. The highest BCUT2D eigenvalue weighted by Gasteiger charge is 2.45. The van der Waals surface area contributed by atoms with Crippen LogP contribution in [0.1, 0.15) is 38.3 Å². The van der Waals surface area contributed by atoms with Crippen molar-refractivity contribution in [2.45, 2.75) is 45.2 Å². The quantitative estimate of drug-likeness (QED) is 0.886. The van der Waals surface area contributed by atoms with E-state index in [9.17, 15) is 9.18 Å². The fraction of sp³-hybridized carbons (Fsp3) is 0.476. The number of carbonyl (C=O) groups excluding carboxylic acids is 1. The third-order valence-electron chi connectivity index (χ3n) is 6.29. The molecule has 4 rings (SSSR count). The second kappa shape index (κ2) is 5.95. The molecular formula is C21H26FN3O. The number of carbonyl (C=O) groups is 1. The number of H-pyrrole nitrogens is 1. The Morgan fingerprint density at radius 3 is 3.00 bits per heavy atom. The average molecular weight is 355 g/mol. The Hall–Kier alpha value is -2.14. The minimum Gasteiger partial charge on any atom is -0.353 e. The summed E-state index contributed by atoms with van der Waals surface area (Å²) in [5, 5.41) is 4.06. The molecule has 3 atom stereocenters. The third-order valence-corrected chi connectivity index (χ3v) is 6.29. The molecule has 2 heterocycles. The van der Waals surface area contributed by atoms with Gasteiger partial charge in [-0.25, -0.2) is 0 Å². The molecular weight excluding hydrogens is 329 g/mol. The van der Waals surface area contributed by atoms with Gasteiger partial charge < -0.3 is 10.3 Å². The van der Waals surface area contributed by atoms with Crippen LogP contribution in [0.5, 0.6) is 0 Å². The molecule has 1 aliphatic carbocycles. The van der Waals surface area contributed by atoms with E-state index in [0.717, 1.165) is 34.0 Å². The predicted octanol–water partition coefficient (Wildman–Crippen LogP) is 3.48. The zero-order chi connectivity index (χ0) is 18.6. The molecule has 1 amide bonds. The number of aromatic amines is 1. The first kappa shape index (κ1) is 17.3. The number of nitrogens with one attached hydrogen (secondary N) is 2. The van der Waals surface area contributed by atoms with E-state index >= 15 is 0 Å². The highest BCUT2D eigenvalue weighted by molar-refractivity contribution is 6.00. The Bertz CT molecular complexity index is 915. The standard InChI is InChI=1S/C21H26FN3O/c1-5-12(2)23-20(26)13-9-16-14-7-6-8-17-18(14)15(19(22)24-17)10-21(16,3)25(4)11-13/h6-9,12-13,24H,5,10-11H2,1-4H3,(H,23,26)/t12?,13-,21?/m1/s1. The first-order valence-corrected chi connectivity index (χ1v) is 9.38. The second-order valence-electron chi connectivity index (χ2n) is 7.98. The van der Waals surface area contributed by atoms with E-state index in [2.05, 4.69) is 35.1 Å². The molecule has 1 aromatic heterocycles. The molecule has 1 aliphatic heterocycles. The summed E-state index contributed by atoms with van der Waals surface area (Å²) < 4.78 is 14.5. The molecule has 2 aromatic rings. The molecule has 0 fully saturated rings. The van der Waals surface area contributed by atoms with Crippen LogP contribution in [0.25, 0.3) is 16.5 Å². The lowest BCUT2D eigenvalue weighted by atomic mass is 9.71. The molecule has 5 heteroatoms. The lowest BCUT2D eigenvalue weighted by Crippen LogP contribution is -2.54. The van der Waals surface area contributed by atoms with Gasteiger partial charge in [0.25, 0.3) is 0 Å². The second-order valence-corrected chi connectivity index (χ2v) is 7.98. The number of aromatic nitrogens is 1. The van der Waals surface area contributed by atoms with Gasteiger partial charge in [-0.1, -0.05) is 25.1 Å². The Kier molecular flexibility index (Phi) is 3.95. The molecule has 1 aromatic carbocycles. The summed E-state index contributed by atoms with van der Waals surface area (Å²) in [6.45, 7) is 6.88. The molecule has 26 heavy (non-hydrogen) atoms. The maximum absolute atomic E-state index is 14.5. The fourth-order valence-corrected chi connectivity index (χ4v) is 4.38. The van der Waals surface area contributed by atoms with Gasteiger partial charge in [0.1, 0.15) is 0 Å². The van der Waals surface area contributed by atoms with Gasteiger partial charge in [-0.3, -0.25) is 9.69 Å². The molecule has 0 radical (unpaired) electrons. The number of halogens is 1. The Balaban J connectivity index is 1.83. The first-order chi connectivity index (χ1) is 12.3. The van der Waals surface area contributed by atoms with Crippen molar-refractivity contribution in [1.29, 1.82) is 0 Å². The van der Waals surface area contributed by atoms with Crippen LogP contribution in [-0.4, -0.2) is 41.0 Å². The molecule has 0 saturated heterocycles. The van der Waals surface area contributed by atoms with Gasteiger partial charge in [0.2, 0.25) is 5.91 Å². The number of nitrogens with zero attached hydrogens (tertiary/aromatic N) is 1. The summed E-state index contributed by atoms with van der Waals surface area (Å²) in [6.07, 6.45) is 3.63. The van der Waals surface area contributed by atoms with Gasteiger partial charge in [-0.15, -0.1) is 0 Å². The summed E-state index contributed by atoms with van der Waals surface area (Å²) in [6, 6.07) is 6.08. The van der Waals surface area contributed by atoms with Crippen LogP contribution in [-0.2, 0) is 11.2 Å². The number of amides is 1. The van der Waals surface area contributed by atoms with Crippen molar-refractivity contribution in [2.24, 2.45) is 5.92 Å². The number of hydrogen-bond donors (Lipinski definition) is 2. The normalized spacial score (nSPS) is 26.3. The number of hydrogen-bond acceptors (Lipinski definition) is 2. The largest absolute Gasteiger partial charge is 0.353 e. The summed E-state index contributed by atoms with van der Waals surface area (Å²) in [7, 11) is 2.03. The van der Waals surface area contributed by atoms with Crippen LogP contribution < -0.4 is 5.32 Å². The van der Waals surface area contributed by atoms with E-state index in [1.54, 1.807) is 0 Å². The molecule has 0 spiro atoms. The fourth-order valence-electron chi connectivity index (χ4n) is 4.38. The monoisotopic (exact) mass is 355 g/mol. The van der Waals surface area contributed by atoms with Crippen molar-refractivity contribution in [3.8, 4) is 0 Å². The summed E-state index contributed by atoms with van der Waals surface area (Å²) in [4.78, 5) is 17.8. The van der Waals surface area contributed by atoms with Crippen molar-refractivity contribution in [1.82, 2.24) is 15.2 Å². The third kappa shape index (κ3) is 2.41.